The van der Waals surface area contributed by atoms with Gasteiger partial charge >= 0.3 is 0 Å². The van der Waals surface area contributed by atoms with Crippen LogP contribution in [0.3, 0.4) is 0 Å². The van der Waals surface area contributed by atoms with Crippen LogP contribution < -0.4 is 10.2 Å². The molecular weight excluding hydrogens is 960 g/mol. The van der Waals surface area contributed by atoms with Crippen LogP contribution in [0.4, 0.5) is 0 Å². The molecule has 8 nitrogen and oxygen atoms in total. The van der Waals surface area contributed by atoms with Crippen molar-refractivity contribution in [1.82, 2.24) is 5.32 Å². The standard InChI is InChI=1S/C67H123N2O6P/c1-6-8-10-12-14-16-18-20-22-24-25-26-27-28-29-30-31-32-33-34-35-36-37-38-39-40-41-42-43-45-47-49-51-53-55-57-59-61-67(71)68-65(64-75-76(72,73)74-63-62-69(3,4)5)66(70)60-58-56-54-52-50-48-46-44-23-21-19-17-15-13-11-9-7-2/h8,10,14,16,20,22,25-26,28-29,31-32,34-35,65-66,70H,6-7,9,11-13,15,17-19,21,23-24,27,30,33,36-64H2,1-5H3,(H-,68,71,72,73)/b10-8-,16-14-,22-20-,26-25-,29-28-,32-31-,35-34-. The third-order valence-electron chi connectivity index (χ3n) is 14.1. The summed E-state index contributed by atoms with van der Waals surface area (Å²) in [5.74, 6) is -0.165. The molecule has 0 radical (unpaired) electrons. The third kappa shape index (κ3) is 59.3. The van der Waals surface area contributed by atoms with E-state index in [2.05, 4.69) is 104 Å². The minimum atomic E-state index is -4.58. The number of aliphatic hydroxyl groups excluding tert-OH is 1. The normalized spacial score (nSPS) is 14.4. The van der Waals surface area contributed by atoms with Gasteiger partial charge in [-0.05, 0) is 70.6 Å². The highest BCUT2D eigenvalue weighted by Crippen LogP contribution is 2.38. The van der Waals surface area contributed by atoms with Crippen LogP contribution in [0.1, 0.15) is 284 Å². The van der Waals surface area contributed by atoms with Gasteiger partial charge in [-0.3, -0.25) is 9.36 Å². The summed E-state index contributed by atoms with van der Waals surface area (Å²) < 4.78 is 23.5. The highest BCUT2D eigenvalue weighted by molar-refractivity contribution is 7.45. The SMILES string of the molecule is CC/C=C\C/C=C\C/C=C\C/C=C\C/C=C\C/C=C\C/C=C\CCCCCCCCCCCCCCCCCC(=O)NC(COP(=O)([O-])OCC[N+](C)(C)C)C(O)CCCCCCCCCCCCCCCCCCC. The number of carbonyl (C=O) groups excluding carboxylic acids is 1. The maximum Gasteiger partial charge on any atom is 0.268 e. The molecule has 1 amide bonds. The van der Waals surface area contributed by atoms with E-state index in [1.165, 1.54) is 173 Å². The van der Waals surface area contributed by atoms with Crippen LogP contribution in [0.2, 0.25) is 0 Å². The number of hydrogen-bond acceptors (Lipinski definition) is 6. The van der Waals surface area contributed by atoms with Gasteiger partial charge in [-0.2, -0.15) is 0 Å². The number of amides is 1. The Hall–Kier alpha value is -2.32. The number of likely N-dealkylation sites (N-methyl/N-ethyl adjacent to an activating group) is 1. The summed E-state index contributed by atoms with van der Waals surface area (Å²) >= 11 is 0. The zero-order valence-electron chi connectivity index (χ0n) is 50.4. The first-order valence-electron chi connectivity index (χ1n) is 31.9. The number of nitrogens with one attached hydrogen (secondary N) is 1. The molecule has 0 aliphatic heterocycles. The molecule has 0 fully saturated rings. The van der Waals surface area contributed by atoms with Gasteiger partial charge in [-0.25, -0.2) is 0 Å². The minimum Gasteiger partial charge on any atom is -0.756 e. The Bertz CT molecular complexity index is 1510. The largest absolute Gasteiger partial charge is 0.756 e. The second kappa shape index (κ2) is 57.4. The maximum atomic E-state index is 13.0. The molecule has 0 bridgehead atoms. The van der Waals surface area contributed by atoms with Crippen molar-refractivity contribution in [3.05, 3.63) is 85.1 Å². The number of carbonyl (C=O) groups is 1. The van der Waals surface area contributed by atoms with E-state index in [0.29, 0.717) is 23.9 Å². The number of phosphoric acid groups is 1. The number of hydrogen-bond donors (Lipinski definition) is 2. The van der Waals surface area contributed by atoms with E-state index < -0.39 is 20.0 Å². The summed E-state index contributed by atoms with van der Waals surface area (Å²) in [6.45, 7) is 4.63. The van der Waals surface area contributed by atoms with E-state index in [4.69, 9.17) is 9.05 Å². The quantitative estimate of drug-likeness (QED) is 0.0272. The van der Waals surface area contributed by atoms with Crippen LogP contribution >= 0.6 is 7.82 Å². The number of quaternary nitrogens is 1. The van der Waals surface area contributed by atoms with Gasteiger partial charge in [0.05, 0.1) is 39.9 Å². The lowest BCUT2D eigenvalue weighted by molar-refractivity contribution is -0.870. The second-order valence-electron chi connectivity index (χ2n) is 22.7. The number of allylic oxidation sites excluding steroid dienone is 14. The second-order valence-corrected chi connectivity index (χ2v) is 24.2. The Morgan fingerprint density at radius 2 is 0.803 bits per heavy atom. The highest BCUT2D eigenvalue weighted by Gasteiger charge is 2.24. The van der Waals surface area contributed by atoms with Gasteiger partial charge < -0.3 is 28.8 Å². The first kappa shape index (κ1) is 73.7. The molecule has 0 aromatic carbocycles. The fourth-order valence-corrected chi connectivity index (χ4v) is 9.92. The minimum absolute atomic E-state index is 0.0107. The summed E-state index contributed by atoms with van der Waals surface area (Å²) in [5, 5.41) is 14.0. The van der Waals surface area contributed by atoms with Crippen molar-refractivity contribution >= 4 is 13.7 Å². The molecule has 9 heteroatoms. The molecule has 0 rings (SSSR count). The van der Waals surface area contributed by atoms with Crippen LogP contribution in [0, 0.1) is 0 Å². The molecule has 0 aliphatic rings. The summed E-state index contributed by atoms with van der Waals surface area (Å²) in [6.07, 6.45) is 80.6. The lowest BCUT2D eigenvalue weighted by Gasteiger charge is -2.30. The average molecular weight is 1080 g/mol. The van der Waals surface area contributed by atoms with E-state index in [1.54, 1.807) is 0 Å². The summed E-state index contributed by atoms with van der Waals surface area (Å²) in [4.78, 5) is 25.6. The molecule has 3 unspecified atom stereocenters. The molecule has 0 saturated heterocycles. The first-order valence-corrected chi connectivity index (χ1v) is 33.4. The van der Waals surface area contributed by atoms with E-state index in [-0.39, 0.29) is 19.1 Å². The first-order chi connectivity index (χ1) is 37.0. The highest BCUT2D eigenvalue weighted by atomic mass is 31.2. The summed E-state index contributed by atoms with van der Waals surface area (Å²) in [5.41, 5.74) is 0. The molecule has 2 N–H and O–H groups in total. The smallest absolute Gasteiger partial charge is 0.268 e. The van der Waals surface area contributed by atoms with Crippen molar-refractivity contribution < 1.29 is 32.9 Å². The van der Waals surface area contributed by atoms with Crippen molar-refractivity contribution in [1.29, 1.82) is 0 Å². The van der Waals surface area contributed by atoms with Gasteiger partial charge in [0, 0.05) is 6.42 Å². The number of rotatable bonds is 58. The molecule has 0 saturated carbocycles. The molecule has 0 heterocycles. The van der Waals surface area contributed by atoms with E-state index in [1.807, 2.05) is 21.1 Å². The Labute approximate surface area is 471 Å². The van der Waals surface area contributed by atoms with Crippen LogP contribution in [0.15, 0.2) is 85.1 Å². The summed E-state index contributed by atoms with van der Waals surface area (Å²) in [6, 6.07) is -0.804. The molecule has 0 aliphatic carbocycles. The fourth-order valence-electron chi connectivity index (χ4n) is 9.20. The predicted octanol–water partition coefficient (Wildman–Crippen LogP) is 19.4. The predicted molar refractivity (Wildman–Crippen MR) is 330 cm³/mol. The van der Waals surface area contributed by atoms with Crippen molar-refractivity contribution in [2.45, 2.75) is 296 Å². The van der Waals surface area contributed by atoms with E-state index in [9.17, 15) is 19.4 Å². The molecule has 3 atom stereocenters. The van der Waals surface area contributed by atoms with Gasteiger partial charge in [0.25, 0.3) is 7.82 Å². The van der Waals surface area contributed by atoms with Gasteiger partial charge in [0.1, 0.15) is 13.2 Å². The zero-order chi connectivity index (χ0) is 55.6. The average Bonchev–Trinajstić information content (AvgIpc) is 3.38. The van der Waals surface area contributed by atoms with Gasteiger partial charge in [0.2, 0.25) is 5.91 Å². The van der Waals surface area contributed by atoms with Crippen molar-refractivity contribution in [2.24, 2.45) is 0 Å². The molecule has 76 heavy (non-hydrogen) atoms. The van der Waals surface area contributed by atoms with E-state index >= 15 is 0 Å². The van der Waals surface area contributed by atoms with Crippen LogP contribution in [0.5, 0.6) is 0 Å². The lowest BCUT2D eigenvalue weighted by atomic mass is 10.0. The third-order valence-corrected chi connectivity index (χ3v) is 15.1. The Kier molecular flexibility index (Phi) is 55.6. The van der Waals surface area contributed by atoms with Crippen molar-refractivity contribution in [3.8, 4) is 0 Å². The molecule has 0 aromatic rings. The Balaban J connectivity index is 4.02. The number of nitrogens with zero attached hydrogens (tertiary/aromatic N) is 1. The van der Waals surface area contributed by atoms with Crippen LogP contribution in [-0.4, -0.2) is 68.5 Å². The fraction of sp³-hybridized carbons (Fsp3) is 0.776. The van der Waals surface area contributed by atoms with Gasteiger partial charge in [-0.1, -0.05) is 292 Å². The molecule has 0 spiro atoms. The van der Waals surface area contributed by atoms with Gasteiger partial charge in [0.15, 0.2) is 0 Å². The Morgan fingerprint density at radius 1 is 0.474 bits per heavy atom. The van der Waals surface area contributed by atoms with Gasteiger partial charge in [-0.15, -0.1) is 0 Å². The van der Waals surface area contributed by atoms with E-state index in [0.717, 1.165) is 83.5 Å². The molecule has 0 aromatic heterocycles. The van der Waals surface area contributed by atoms with Crippen LogP contribution in [0.25, 0.3) is 0 Å². The number of aliphatic hydroxyl groups is 1. The van der Waals surface area contributed by atoms with Crippen LogP contribution in [-0.2, 0) is 18.4 Å². The zero-order valence-corrected chi connectivity index (χ0v) is 51.3. The number of unbranched alkanes of at least 4 members (excludes halogenated alkanes) is 31. The van der Waals surface area contributed by atoms with Crippen molar-refractivity contribution in [3.63, 3.8) is 0 Å². The summed E-state index contributed by atoms with van der Waals surface area (Å²) in [7, 11) is 1.31. The maximum absolute atomic E-state index is 13.0. The molecular formula is C67H123N2O6P. The lowest BCUT2D eigenvalue weighted by Crippen LogP contribution is -2.46. The number of phosphoric ester groups is 1. The topological polar surface area (TPSA) is 108 Å². The molecule has 442 valence electrons. The van der Waals surface area contributed by atoms with Crippen molar-refractivity contribution in [2.75, 3.05) is 40.9 Å². The Morgan fingerprint density at radius 3 is 1.17 bits per heavy atom. The monoisotopic (exact) mass is 1080 g/mol.